The molecule has 3 heteroatoms. The fraction of sp³-hybridized carbons (Fsp3) is 0.200. The van der Waals surface area contributed by atoms with E-state index in [2.05, 4.69) is 18.7 Å². The summed E-state index contributed by atoms with van der Waals surface area (Å²) in [4.78, 5) is 0. The molecule has 69 valence electrons. The van der Waals surface area contributed by atoms with E-state index in [1.165, 1.54) is 5.56 Å². The molecule has 3 nitrogen and oxygen atoms in total. The Bertz CT molecular complexity index is 277. The van der Waals surface area contributed by atoms with Crippen LogP contribution in [0.2, 0.25) is 0 Å². The highest BCUT2D eigenvalue weighted by atomic mass is 15.0. The maximum atomic E-state index is 7.03. The molecule has 0 heterocycles. The minimum Gasteiger partial charge on any atom is -0.370 e. The van der Waals surface area contributed by atoms with Gasteiger partial charge in [-0.05, 0) is 30.5 Å². The standard InChI is InChI=1S/C10H14N3/c1-2-3-8-4-6-9(7-5-8)13-10(11)12/h3-7H,2H2,1H3,(H4,11,12,13). The van der Waals surface area contributed by atoms with E-state index < -0.39 is 0 Å². The average molecular weight is 176 g/mol. The van der Waals surface area contributed by atoms with E-state index in [1.54, 1.807) is 0 Å². The van der Waals surface area contributed by atoms with E-state index in [0.29, 0.717) is 0 Å². The molecule has 0 aliphatic heterocycles. The van der Waals surface area contributed by atoms with Crippen LogP contribution in [0.1, 0.15) is 18.9 Å². The van der Waals surface area contributed by atoms with Gasteiger partial charge < -0.3 is 11.1 Å². The predicted molar refractivity (Wildman–Crippen MR) is 55.7 cm³/mol. The van der Waals surface area contributed by atoms with Crippen LogP contribution in [0, 0.1) is 11.8 Å². The molecule has 0 bridgehead atoms. The Morgan fingerprint density at radius 1 is 1.46 bits per heavy atom. The van der Waals surface area contributed by atoms with Crippen molar-refractivity contribution in [2.45, 2.75) is 13.3 Å². The molecule has 0 aliphatic rings. The molecule has 1 rings (SSSR count). The van der Waals surface area contributed by atoms with Gasteiger partial charge in [-0.25, -0.2) is 0 Å². The van der Waals surface area contributed by atoms with E-state index >= 15 is 0 Å². The van der Waals surface area contributed by atoms with Crippen LogP contribution in [-0.4, -0.2) is 5.96 Å². The van der Waals surface area contributed by atoms with E-state index in [1.807, 2.05) is 24.3 Å². The van der Waals surface area contributed by atoms with Gasteiger partial charge in [-0.2, -0.15) is 0 Å². The second-order valence-electron chi connectivity index (χ2n) is 2.77. The summed E-state index contributed by atoms with van der Waals surface area (Å²) in [6.45, 7) is 2.10. The van der Waals surface area contributed by atoms with Gasteiger partial charge in [0.05, 0.1) is 0 Å². The van der Waals surface area contributed by atoms with Gasteiger partial charge in [0.1, 0.15) is 0 Å². The van der Waals surface area contributed by atoms with Crippen molar-refractivity contribution in [3.8, 4) is 0 Å². The summed E-state index contributed by atoms with van der Waals surface area (Å²) in [6, 6.07) is 7.80. The van der Waals surface area contributed by atoms with Crippen molar-refractivity contribution >= 4 is 11.6 Å². The summed E-state index contributed by atoms with van der Waals surface area (Å²) in [5.41, 5.74) is 7.22. The number of hydrogen-bond donors (Lipinski definition) is 3. The highest BCUT2D eigenvalue weighted by Gasteiger charge is 1.94. The number of nitrogens with one attached hydrogen (secondary N) is 2. The lowest BCUT2D eigenvalue weighted by Crippen LogP contribution is -2.20. The Labute approximate surface area is 78.5 Å². The number of anilines is 1. The normalized spacial score (nSPS) is 9.62. The van der Waals surface area contributed by atoms with Crippen molar-refractivity contribution in [3.63, 3.8) is 0 Å². The van der Waals surface area contributed by atoms with Gasteiger partial charge in [0.25, 0.3) is 0 Å². The number of guanidine groups is 1. The lowest BCUT2D eigenvalue weighted by molar-refractivity contribution is 1.12. The number of benzene rings is 1. The maximum Gasteiger partial charge on any atom is 0.190 e. The first-order chi connectivity index (χ1) is 6.22. The lowest BCUT2D eigenvalue weighted by Gasteiger charge is -2.04. The lowest BCUT2D eigenvalue weighted by atomic mass is 10.1. The van der Waals surface area contributed by atoms with Gasteiger partial charge in [-0.15, -0.1) is 0 Å². The zero-order chi connectivity index (χ0) is 9.68. The number of nitrogens with two attached hydrogens (primary N) is 1. The topological polar surface area (TPSA) is 61.9 Å². The summed E-state index contributed by atoms with van der Waals surface area (Å²) < 4.78 is 0. The zero-order valence-corrected chi connectivity index (χ0v) is 7.67. The van der Waals surface area contributed by atoms with Crippen molar-refractivity contribution in [1.29, 1.82) is 5.41 Å². The first-order valence-electron chi connectivity index (χ1n) is 4.26. The summed E-state index contributed by atoms with van der Waals surface area (Å²) in [7, 11) is 0. The van der Waals surface area contributed by atoms with Crippen molar-refractivity contribution in [2.24, 2.45) is 5.73 Å². The van der Waals surface area contributed by atoms with E-state index in [9.17, 15) is 0 Å². The van der Waals surface area contributed by atoms with Gasteiger partial charge in [0.15, 0.2) is 5.96 Å². The molecular formula is C10H14N3. The molecular weight excluding hydrogens is 162 g/mol. The summed E-state index contributed by atoms with van der Waals surface area (Å²) in [5, 5.41) is 9.75. The molecule has 0 atom stereocenters. The van der Waals surface area contributed by atoms with Gasteiger partial charge in [0, 0.05) is 5.69 Å². The fourth-order valence-corrected chi connectivity index (χ4v) is 1.09. The summed E-state index contributed by atoms with van der Waals surface area (Å²) >= 11 is 0. The van der Waals surface area contributed by atoms with Crippen LogP contribution in [0.15, 0.2) is 24.3 Å². The highest BCUT2D eigenvalue weighted by Crippen LogP contribution is 2.11. The molecule has 0 saturated heterocycles. The molecule has 0 unspecified atom stereocenters. The Kier molecular flexibility index (Phi) is 3.31. The van der Waals surface area contributed by atoms with Crippen LogP contribution in [0.3, 0.4) is 0 Å². The van der Waals surface area contributed by atoms with Crippen LogP contribution < -0.4 is 11.1 Å². The van der Waals surface area contributed by atoms with Gasteiger partial charge in [-0.3, -0.25) is 5.41 Å². The van der Waals surface area contributed by atoms with Crippen molar-refractivity contribution < 1.29 is 0 Å². The Balaban J connectivity index is 2.64. The molecule has 1 aromatic rings. The maximum absolute atomic E-state index is 7.03. The Morgan fingerprint density at radius 2 is 2.08 bits per heavy atom. The van der Waals surface area contributed by atoms with Gasteiger partial charge in [0.2, 0.25) is 0 Å². The number of hydrogen-bond acceptors (Lipinski definition) is 1. The quantitative estimate of drug-likeness (QED) is 0.487. The molecule has 0 saturated carbocycles. The van der Waals surface area contributed by atoms with Crippen LogP contribution in [0.4, 0.5) is 5.69 Å². The fourth-order valence-electron chi connectivity index (χ4n) is 1.09. The average Bonchev–Trinajstić information content (AvgIpc) is 2.08. The highest BCUT2D eigenvalue weighted by molar-refractivity contribution is 5.89. The summed E-state index contributed by atoms with van der Waals surface area (Å²) in [5.74, 6) is -0.0350. The molecule has 1 aromatic carbocycles. The van der Waals surface area contributed by atoms with Crippen molar-refractivity contribution in [3.05, 3.63) is 36.2 Å². The van der Waals surface area contributed by atoms with Crippen molar-refractivity contribution in [1.82, 2.24) is 0 Å². The first-order valence-corrected chi connectivity index (χ1v) is 4.26. The monoisotopic (exact) mass is 176 g/mol. The number of rotatable bonds is 3. The van der Waals surface area contributed by atoms with Crippen LogP contribution in [-0.2, 0) is 0 Å². The third kappa shape index (κ3) is 3.15. The van der Waals surface area contributed by atoms with E-state index in [4.69, 9.17) is 11.1 Å². The van der Waals surface area contributed by atoms with Crippen LogP contribution in [0.5, 0.6) is 0 Å². The third-order valence-corrected chi connectivity index (χ3v) is 1.63. The third-order valence-electron chi connectivity index (χ3n) is 1.63. The molecule has 0 aliphatic carbocycles. The first kappa shape index (κ1) is 9.58. The second kappa shape index (κ2) is 4.50. The Morgan fingerprint density at radius 3 is 2.54 bits per heavy atom. The second-order valence-corrected chi connectivity index (χ2v) is 2.77. The van der Waals surface area contributed by atoms with Gasteiger partial charge >= 0.3 is 0 Å². The minimum atomic E-state index is -0.0350. The minimum absolute atomic E-state index is 0.0350. The molecule has 0 spiro atoms. The van der Waals surface area contributed by atoms with Crippen LogP contribution >= 0.6 is 0 Å². The van der Waals surface area contributed by atoms with Gasteiger partial charge in [-0.1, -0.05) is 19.1 Å². The van der Waals surface area contributed by atoms with Crippen molar-refractivity contribution in [2.75, 3.05) is 5.32 Å². The zero-order valence-electron chi connectivity index (χ0n) is 7.67. The molecule has 13 heavy (non-hydrogen) atoms. The molecule has 0 fully saturated rings. The summed E-state index contributed by atoms with van der Waals surface area (Å²) in [6.07, 6.45) is 3.16. The Hall–Kier alpha value is -1.51. The molecule has 1 radical (unpaired) electrons. The largest absolute Gasteiger partial charge is 0.370 e. The van der Waals surface area contributed by atoms with Crippen LogP contribution in [0.25, 0.3) is 0 Å². The van der Waals surface area contributed by atoms with E-state index in [-0.39, 0.29) is 5.96 Å². The SMILES string of the molecule is CC[CH]c1ccc(NC(=N)N)cc1. The van der Waals surface area contributed by atoms with E-state index in [0.717, 1.165) is 12.1 Å². The molecule has 0 aromatic heterocycles. The molecule has 4 N–H and O–H groups in total. The smallest absolute Gasteiger partial charge is 0.190 e. The predicted octanol–water partition coefficient (Wildman–Crippen LogP) is 1.95. The molecule has 0 amide bonds.